The van der Waals surface area contributed by atoms with Gasteiger partial charge in [0.2, 0.25) is 0 Å². The van der Waals surface area contributed by atoms with Crippen molar-refractivity contribution in [3.05, 3.63) is 33.8 Å². The summed E-state index contributed by atoms with van der Waals surface area (Å²) in [5, 5.41) is 2.59. The van der Waals surface area contributed by atoms with E-state index in [0.717, 1.165) is 25.2 Å². The van der Waals surface area contributed by atoms with E-state index < -0.39 is 23.1 Å². The number of hydrogen-bond acceptors (Lipinski definition) is 2. The normalized spacial score (nSPS) is 16.5. The Balaban J connectivity index is 1.87. The van der Waals surface area contributed by atoms with Crippen molar-refractivity contribution in [1.82, 2.24) is 10.2 Å². The molecule has 1 N–H and O–H groups in total. The number of likely N-dealkylation sites (tertiary alicyclic amines) is 1. The predicted octanol–water partition coefficient (Wildman–Crippen LogP) is 3.33. The molecule has 1 amide bonds. The Kier molecular flexibility index (Phi) is 6.11. The lowest BCUT2D eigenvalue weighted by atomic mass is 10.2. The van der Waals surface area contributed by atoms with Crippen LogP contribution in [0.1, 0.15) is 36.0 Å². The summed E-state index contributed by atoms with van der Waals surface area (Å²) in [6, 6.07) is 2.18. The molecular formula is C15H19BrF2N2O. The van der Waals surface area contributed by atoms with Crippen molar-refractivity contribution in [3.63, 3.8) is 0 Å². The van der Waals surface area contributed by atoms with E-state index in [-0.39, 0.29) is 4.47 Å². The number of nitrogens with one attached hydrogen (secondary N) is 1. The lowest BCUT2D eigenvalue weighted by molar-refractivity contribution is 0.0940. The molecule has 1 aromatic carbocycles. The van der Waals surface area contributed by atoms with Crippen LogP contribution >= 0.6 is 15.9 Å². The van der Waals surface area contributed by atoms with Crippen LogP contribution in [0.4, 0.5) is 8.78 Å². The van der Waals surface area contributed by atoms with E-state index >= 15 is 0 Å². The van der Waals surface area contributed by atoms with Gasteiger partial charge in [-0.3, -0.25) is 4.79 Å². The number of halogens is 3. The minimum Gasteiger partial charge on any atom is -0.351 e. The number of rotatable bonds is 4. The summed E-state index contributed by atoms with van der Waals surface area (Å²) in [6.07, 6.45) is 4.84. The molecule has 1 fully saturated rings. The van der Waals surface area contributed by atoms with Gasteiger partial charge in [-0.05, 0) is 38.1 Å². The first-order valence-corrected chi connectivity index (χ1v) is 8.02. The van der Waals surface area contributed by atoms with Gasteiger partial charge in [-0.2, -0.15) is 0 Å². The second-order valence-electron chi connectivity index (χ2n) is 5.26. The van der Waals surface area contributed by atoms with Crippen LogP contribution < -0.4 is 5.32 Å². The van der Waals surface area contributed by atoms with Crippen LogP contribution in [0.25, 0.3) is 0 Å². The van der Waals surface area contributed by atoms with Crippen molar-refractivity contribution < 1.29 is 13.6 Å². The third kappa shape index (κ3) is 4.74. The molecule has 0 atom stereocenters. The molecule has 2 rings (SSSR count). The molecule has 0 bridgehead atoms. The Morgan fingerprint density at radius 3 is 2.29 bits per heavy atom. The first-order valence-electron chi connectivity index (χ1n) is 7.23. The summed E-state index contributed by atoms with van der Waals surface area (Å²) in [7, 11) is 0. The van der Waals surface area contributed by atoms with Gasteiger partial charge in [-0.1, -0.05) is 28.8 Å². The molecule has 0 aromatic heterocycles. The fourth-order valence-corrected chi connectivity index (χ4v) is 2.94. The maximum absolute atomic E-state index is 13.7. The van der Waals surface area contributed by atoms with Crippen LogP contribution in [-0.2, 0) is 0 Å². The lowest BCUT2D eigenvalue weighted by Crippen LogP contribution is -2.36. The first kappa shape index (κ1) is 16.4. The summed E-state index contributed by atoms with van der Waals surface area (Å²) >= 11 is 2.99. The van der Waals surface area contributed by atoms with Crippen LogP contribution in [0.15, 0.2) is 16.6 Å². The van der Waals surface area contributed by atoms with Gasteiger partial charge in [0.25, 0.3) is 5.91 Å². The highest BCUT2D eigenvalue weighted by molar-refractivity contribution is 9.10. The van der Waals surface area contributed by atoms with Crippen molar-refractivity contribution in [1.29, 1.82) is 0 Å². The van der Waals surface area contributed by atoms with Crippen molar-refractivity contribution in [2.75, 3.05) is 26.2 Å². The monoisotopic (exact) mass is 360 g/mol. The molecule has 21 heavy (non-hydrogen) atoms. The van der Waals surface area contributed by atoms with Crippen LogP contribution in [0.5, 0.6) is 0 Å². The SMILES string of the molecule is O=C(NCCN1CCCCCC1)c1c(F)cc(Br)cc1F. The first-order chi connectivity index (χ1) is 10.1. The Morgan fingerprint density at radius 1 is 1.14 bits per heavy atom. The summed E-state index contributed by atoms with van der Waals surface area (Å²) in [6.45, 7) is 3.16. The molecule has 6 heteroatoms. The summed E-state index contributed by atoms with van der Waals surface area (Å²) in [4.78, 5) is 14.2. The topological polar surface area (TPSA) is 32.3 Å². The van der Waals surface area contributed by atoms with E-state index in [9.17, 15) is 13.6 Å². The highest BCUT2D eigenvalue weighted by atomic mass is 79.9. The van der Waals surface area contributed by atoms with Gasteiger partial charge >= 0.3 is 0 Å². The number of carbonyl (C=O) groups is 1. The molecule has 1 aliphatic rings. The number of carbonyl (C=O) groups excluding carboxylic acids is 1. The molecule has 1 heterocycles. The third-order valence-electron chi connectivity index (χ3n) is 3.65. The third-order valence-corrected chi connectivity index (χ3v) is 4.10. The van der Waals surface area contributed by atoms with Crippen LogP contribution in [0.3, 0.4) is 0 Å². The summed E-state index contributed by atoms with van der Waals surface area (Å²) in [5.41, 5.74) is -0.519. The summed E-state index contributed by atoms with van der Waals surface area (Å²) in [5.74, 6) is -2.41. The zero-order chi connectivity index (χ0) is 15.2. The maximum atomic E-state index is 13.7. The molecule has 1 aliphatic heterocycles. The smallest absolute Gasteiger partial charge is 0.257 e. The quantitative estimate of drug-likeness (QED) is 0.892. The second-order valence-corrected chi connectivity index (χ2v) is 6.17. The standard InChI is InChI=1S/C15H19BrF2N2O/c16-11-9-12(17)14(13(18)10-11)15(21)19-5-8-20-6-3-1-2-4-7-20/h9-10H,1-8H2,(H,19,21). The van der Waals surface area contributed by atoms with E-state index in [1.807, 2.05) is 0 Å². The van der Waals surface area contributed by atoms with Crippen LogP contribution in [-0.4, -0.2) is 37.0 Å². The average Bonchev–Trinajstić information content (AvgIpc) is 2.66. The molecule has 1 aromatic rings. The number of benzene rings is 1. The predicted molar refractivity (Wildman–Crippen MR) is 81.3 cm³/mol. The van der Waals surface area contributed by atoms with Crippen molar-refractivity contribution in [2.45, 2.75) is 25.7 Å². The molecule has 0 radical (unpaired) electrons. The lowest BCUT2D eigenvalue weighted by Gasteiger charge is -2.19. The van der Waals surface area contributed by atoms with Gasteiger partial charge in [0.15, 0.2) is 0 Å². The molecule has 0 saturated carbocycles. The minimum atomic E-state index is -0.853. The van der Waals surface area contributed by atoms with Gasteiger partial charge in [0.05, 0.1) is 0 Å². The molecule has 0 aliphatic carbocycles. The Morgan fingerprint density at radius 2 is 1.71 bits per heavy atom. The Labute approximate surface area is 131 Å². The highest BCUT2D eigenvalue weighted by Crippen LogP contribution is 2.19. The van der Waals surface area contributed by atoms with E-state index in [1.165, 1.54) is 25.7 Å². The fraction of sp³-hybridized carbons (Fsp3) is 0.533. The van der Waals surface area contributed by atoms with E-state index in [0.29, 0.717) is 13.1 Å². The number of amides is 1. The van der Waals surface area contributed by atoms with Crippen molar-refractivity contribution in [3.8, 4) is 0 Å². The van der Waals surface area contributed by atoms with Crippen molar-refractivity contribution in [2.24, 2.45) is 0 Å². The minimum absolute atomic E-state index is 0.276. The zero-order valence-electron chi connectivity index (χ0n) is 11.8. The number of nitrogens with zero attached hydrogens (tertiary/aromatic N) is 1. The largest absolute Gasteiger partial charge is 0.351 e. The summed E-state index contributed by atoms with van der Waals surface area (Å²) < 4.78 is 27.6. The van der Waals surface area contributed by atoms with E-state index in [2.05, 4.69) is 26.1 Å². The van der Waals surface area contributed by atoms with E-state index in [1.54, 1.807) is 0 Å². The molecule has 0 spiro atoms. The molecular weight excluding hydrogens is 342 g/mol. The highest BCUT2D eigenvalue weighted by Gasteiger charge is 2.18. The van der Waals surface area contributed by atoms with Crippen molar-refractivity contribution >= 4 is 21.8 Å². The van der Waals surface area contributed by atoms with Crippen LogP contribution in [0, 0.1) is 11.6 Å². The van der Waals surface area contributed by atoms with Crippen LogP contribution in [0.2, 0.25) is 0 Å². The maximum Gasteiger partial charge on any atom is 0.257 e. The average molecular weight is 361 g/mol. The van der Waals surface area contributed by atoms with Gasteiger partial charge < -0.3 is 10.2 Å². The Bertz CT molecular complexity index is 479. The van der Waals surface area contributed by atoms with E-state index in [4.69, 9.17) is 0 Å². The fourth-order valence-electron chi connectivity index (χ4n) is 2.53. The van der Waals surface area contributed by atoms with Gasteiger partial charge in [-0.25, -0.2) is 8.78 Å². The van der Waals surface area contributed by atoms with Gasteiger partial charge in [0, 0.05) is 17.6 Å². The zero-order valence-corrected chi connectivity index (χ0v) is 13.4. The number of hydrogen-bond donors (Lipinski definition) is 1. The molecule has 0 unspecified atom stereocenters. The molecule has 1 saturated heterocycles. The van der Waals surface area contributed by atoms with Gasteiger partial charge in [0.1, 0.15) is 17.2 Å². The molecule has 3 nitrogen and oxygen atoms in total. The molecule has 116 valence electrons. The van der Waals surface area contributed by atoms with Gasteiger partial charge in [-0.15, -0.1) is 0 Å². The second kappa shape index (κ2) is 7.84. The Hall–Kier alpha value is -1.01.